The van der Waals surface area contributed by atoms with E-state index in [1.54, 1.807) is 7.11 Å². The first kappa shape index (κ1) is 12.7. The molecule has 1 aromatic heterocycles. The average molecular weight is 264 g/mol. The van der Waals surface area contributed by atoms with Crippen LogP contribution in [-0.4, -0.2) is 44.7 Å². The van der Waals surface area contributed by atoms with Crippen LogP contribution in [0.25, 0.3) is 0 Å². The molecule has 0 N–H and O–H groups in total. The van der Waals surface area contributed by atoms with E-state index in [0.717, 1.165) is 43.3 Å². The Morgan fingerprint density at radius 3 is 3.26 bits per heavy atom. The lowest BCUT2D eigenvalue weighted by Crippen LogP contribution is -2.39. The van der Waals surface area contributed by atoms with Gasteiger partial charge in [0.1, 0.15) is 13.4 Å². The number of ether oxygens (including phenoxy) is 3. The minimum Gasteiger partial charge on any atom is -0.487 e. The van der Waals surface area contributed by atoms with E-state index in [4.69, 9.17) is 14.2 Å². The van der Waals surface area contributed by atoms with Gasteiger partial charge in [0.2, 0.25) is 0 Å². The van der Waals surface area contributed by atoms with E-state index >= 15 is 0 Å². The molecule has 0 radical (unpaired) electrons. The zero-order chi connectivity index (χ0) is 13.2. The van der Waals surface area contributed by atoms with E-state index < -0.39 is 0 Å². The van der Waals surface area contributed by atoms with Crippen LogP contribution in [0.5, 0.6) is 5.75 Å². The number of aryl methyl sites for hydroxylation is 1. The second-order valence-corrected chi connectivity index (χ2v) is 5.28. The van der Waals surface area contributed by atoms with E-state index in [1.165, 1.54) is 0 Å². The van der Waals surface area contributed by atoms with Gasteiger partial charge in [-0.15, -0.1) is 0 Å². The molecule has 0 aliphatic carbocycles. The number of aromatic nitrogens is 1. The molecular weight excluding hydrogens is 244 g/mol. The Kier molecular flexibility index (Phi) is 3.57. The van der Waals surface area contributed by atoms with Crippen LogP contribution in [0.2, 0.25) is 0 Å². The van der Waals surface area contributed by atoms with Crippen molar-refractivity contribution in [1.82, 2.24) is 4.98 Å². The number of rotatable bonds is 4. The standard InChI is InChI=1S/C14H20N2O3/c1-10-3-4-15-14-13(10)19-8-12-5-11(6-16(12)14)7-18-9-17-2/h3-4,11-12H,5-9H2,1-2H3. The minimum absolute atomic E-state index is 0.367. The van der Waals surface area contributed by atoms with Crippen molar-refractivity contribution in [3.8, 4) is 5.75 Å². The quantitative estimate of drug-likeness (QED) is 0.610. The molecule has 2 atom stereocenters. The summed E-state index contributed by atoms with van der Waals surface area (Å²) in [4.78, 5) is 6.86. The highest BCUT2D eigenvalue weighted by Crippen LogP contribution is 2.39. The van der Waals surface area contributed by atoms with Crippen LogP contribution in [0.1, 0.15) is 12.0 Å². The SMILES string of the molecule is COCOCC1CC2COc3c(C)ccnc3N2C1. The maximum atomic E-state index is 5.87. The number of hydrogen-bond acceptors (Lipinski definition) is 5. The van der Waals surface area contributed by atoms with E-state index in [1.807, 2.05) is 12.3 Å². The smallest absolute Gasteiger partial charge is 0.172 e. The number of hydrogen-bond donors (Lipinski definition) is 0. The van der Waals surface area contributed by atoms with Crippen LogP contribution in [0.3, 0.4) is 0 Å². The Bertz CT molecular complexity index is 452. The fourth-order valence-corrected chi connectivity index (χ4v) is 2.94. The molecule has 0 bridgehead atoms. The lowest BCUT2D eigenvalue weighted by Gasteiger charge is -2.32. The van der Waals surface area contributed by atoms with Crippen molar-refractivity contribution in [2.45, 2.75) is 19.4 Å². The molecule has 2 aliphatic heterocycles. The molecule has 0 aromatic carbocycles. The predicted molar refractivity (Wildman–Crippen MR) is 71.5 cm³/mol. The molecule has 104 valence electrons. The fourth-order valence-electron chi connectivity index (χ4n) is 2.94. The summed E-state index contributed by atoms with van der Waals surface area (Å²) in [5.41, 5.74) is 1.16. The molecule has 5 nitrogen and oxygen atoms in total. The summed E-state index contributed by atoms with van der Waals surface area (Å²) >= 11 is 0. The topological polar surface area (TPSA) is 43.8 Å². The first-order chi connectivity index (χ1) is 9.29. The second kappa shape index (κ2) is 5.35. The highest BCUT2D eigenvalue weighted by atomic mass is 16.7. The normalized spacial score (nSPS) is 24.8. The van der Waals surface area contributed by atoms with Gasteiger partial charge >= 0.3 is 0 Å². The molecule has 2 aliphatic rings. The van der Waals surface area contributed by atoms with Crippen molar-refractivity contribution < 1.29 is 14.2 Å². The Hall–Kier alpha value is -1.33. The third-order valence-corrected chi connectivity index (χ3v) is 3.83. The predicted octanol–water partition coefficient (Wildman–Crippen LogP) is 1.60. The molecule has 1 fully saturated rings. The summed E-state index contributed by atoms with van der Waals surface area (Å²) in [5, 5.41) is 0. The summed E-state index contributed by atoms with van der Waals surface area (Å²) in [6, 6.07) is 2.42. The van der Waals surface area contributed by atoms with E-state index in [0.29, 0.717) is 18.8 Å². The molecule has 0 spiro atoms. The third kappa shape index (κ3) is 2.40. The summed E-state index contributed by atoms with van der Waals surface area (Å²) < 4.78 is 16.3. The van der Waals surface area contributed by atoms with Gasteiger partial charge in [0.15, 0.2) is 11.6 Å². The van der Waals surface area contributed by atoms with Crippen molar-refractivity contribution in [2.24, 2.45) is 5.92 Å². The van der Waals surface area contributed by atoms with Gasteiger partial charge in [0.05, 0.1) is 12.6 Å². The van der Waals surface area contributed by atoms with E-state index in [-0.39, 0.29) is 0 Å². The zero-order valence-electron chi connectivity index (χ0n) is 11.5. The molecule has 19 heavy (non-hydrogen) atoms. The van der Waals surface area contributed by atoms with Gasteiger partial charge < -0.3 is 19.1 Å². The molecule has 5 heteroatoms. The molecule has 3 rings (SSSR count). The lowest BCUT2D eigenvalue weighted by atomic mass is 10.1. The van der Waals surface area contributed by atoms with Crippen molar-refractivity contribution in [1.29, 1.82) is 0 Å². The van der Waals surface area contributed by atoms with Crippen LogP contribution in [0.4, 0.5) is 5.82 Å². The van der Waals surface area contributed by atoms with Crippen molar-refractivity contribution in [2.75, 3.05) is 38.6 Å². The Morgan fingerprint density at radius 2 is 2.42 bits per heavy atom. The number of fused-ring (bicyclic) bond motifs is 3. The second-order valence-electron chi connectivity index (χ2n) is 5.28. The third-order valence-electron chi connectivity index (χ3n) is 3.83. The van der Waals surface area contributed by atoms with E-state index in [2.05, 4.69) is 16.8 Å². The van der Waals surface area contributed by atoms with Gasteiger partial charge in [-0.2, -0.15) is 0 Å². The summed E-state index contributed by atoms with van der Waals surface area (Å²) in [5.74, 6) is 2.46. The van der Waals surface area contributed by atoms with Crippen LogP contribution < -0.4 is 9.64 Å². The van der Waals surface area contributed by atoms with Gasteiger partial charge in [0.25, 0.3) is 0 Å². The minimum atomic E-state index is 0.367. The number of anilines is 1. The Morgan fingerprint density at radius 1 is 1.53 bits per heavy atom. The maximum absolute atomic E-state index is 5.87. The molecule has 3 heterocycles. The van der Waals surface area contributed by atoms with Gasteiger partial charge in [-0.25, -0.2) is 4.98 Å². The highest BCUT2D eigenvalue weighted by Gasteiger charge is 2.38. The maximum Gasteiger partial charge on any atom is 0.172 e. The molecule has 2 unspecified atom stereocenters. The largest absolute Gasteiger partial charge is 0.487 e. The summed E-state index contributed by atoms with van der Waals surface area (Å²) in [6.07, 6.45) is 2.95. The summed E-state index contributed by atoms with van der Waals surface area (Å²) in [7, 11) is 1.65. The van der Waals surface area contributed by atoms with Crippen LogP contribution in [-0.2, 0) is 9.47 Å². The lowest BCUT2D eigenvalue weighted by molar-refractivity contribution is -0.0414. The van der Waals surface area contributed by atoms with Crippen LogP contribution >= 0.6 is 0 Å². The Labute approximate surface area is 113 Å². The zero-order valence-corrected chi connectivity index (χ0v) is 11.5. The van der Waals surface area contributed by atoms with E-state index in [9.17, 15) is 0 Å². The van der Waals surface area contributed by atoms with Crippen LogP contribution in [0, 0.1) is 12.8 Å². The average Bonchev–Trinajstić information content (AvgIpc) is 2.82. The molecule has 0 amide bonds. The van der Waals surface area contributed by atoms with Gasteiger partial charge in [-0.1, -0.05) is 0 Å². The van der Waals surface area contributed by atoms with Gasteiger partial charge in [0, 0.05) is 25.8 Å². The van der Waals surface area contributed by atoms with Gasteiger partial charge in [-0.05, 0) is 25.0 Å². The van der Waals surface area contributed by atoms with Crippen LogP contribution in [0.15, 0.2) is 12.3 Å². The summed E-state index contributed by atoms with van der Waals surface area (Å²) in [6.45, 7) is 4.91. The van der Waals surface area contributed by atoms with Crippen molar-refractivity contribution in [3.63, 3.8) is 0 Å². The number of pyridine rings is 1. The number of nitrogens with zero attached hydrogens (tertiary/aromatic N) is 2. The molecule has 1 saturated heterocycles. The molecule has 0 saturated carbocycles. The Balaban J connectivity index is 1.71. The fraction of sp³-hybridized carbons (Fsp3) is 0.643. The molecular formula is C14H20N2O3. The number of methoxy groups -OCH3 is 1. The van der Waals surface area contributed by atoms with Crippen molar-refractivity contribution >= 4 is 5.82 Å². The highest BCUT2D eigenvalue weighted by molar-refractivity contribution is 5.59. The first-order valence-electron chi connectivity index (χ1n) is 6.71. The monoisotopic (exact) mass is 264 g/mol. The van der Waals surface area contributed by atoms with Crippen molar-refractivity contribution in [3.05, 3.63) is 17.8 Å². The first-order valence-corrected chi connectivity index (χ1v) is 6.71. The molecule has 1 aromatic rings. The van der Waals surface area contributed by atoms with Gasteiger partial charge in [-0.3, -0.25) is 0 Å².